The van der Waals surface area contributed by atoms with Gasteiger partial charge in [-0.05, 0) is 23.8 Å². The molecule has 1 aromatic rings. The maximum Gasteiger partial charge on any atom is -0.0196 e. The van der Waals surface area contributed by atoms with E-state index in [1.165, 1.54) is 32.1 Å². The van der Waals surface area contributed by atoms with Crippen molar-refractivity contribution in [2.24, 2.45) is 0 Å². The van der Waals surface area contributed by atoms with Gasteiger partial charge in [0.15, 0.2) is 0 Å². The van der Waals surface area contributed by atoms with Crippen LogP contribution in [0.4, 0.5) is 0 Å². The van der Waals surface area contributed by atoms with Gasteiger partial charge in [-0.25, -0.2) is 0 Å². The van der Waals surface area contributed by atoms with Crippen molar-refractivity contribution in [2.75, 3.05) is 0 Å². The summed E-state index contributed by atoms with van der Waals surface area (Å²) in [4.78, 5) is 0. The van der Waals surface area contributed by atoms with Gasteiger partial charge in [0.1, 0.15) is 0 Å². The number of benzene rings is 1. The van der Waals surface area contributed by atoms with Crippen LogP contribution in [0.5, 0.6) is 0 Å². The minimum Gasteiger partial charge on any atom is -0.0872 e. The molecule has 0 nitrogen and oxygen atoms in total. The first kappa shape index (κ1) is 12.3. The summed E-state index contributed by atoms with van der Waals surface area (Å²) in [5.74, 6) is 0. The van der Waals surface area contributed by atoms with Crippen molar-refractivity contribution >= 4 is 32.7 Å². The Morgan fingerprint density at radius 3 is 2.21 bits per heavy atom. The topological polar surface area (TPSA) is 0 Å². The number of hydrogen-bond donors (Lipinski definition) is 0. The van der Waals surface area contributed by atoms with Crippen molar-refractivity contribution in [3.8, 4) is 0 Å². The molecule has 0 saturated heterocycles. The molecule has 72 valence electrons. The summed E-state index contributed by atoms with van der Waals surface area (Å²) in [6.45, 7) is 0. The van der Waals surface area contributed by atoms with E-state index < -0.39 is 0 Å². The van der Waals surface area contributed by atoms with Crippen LogP contribution in [-0.2, 0) is 0 Å². The molecule has 1 saturated carbocycles. The first-order chi connectivity index (χ1) is 6.45. The normalized spacial score (nSPS) is 18.3. The summed E-state index contributed by atoms with van der Waals surface area (Å²) in [5, 5.41) is 1.55. The molecule has 2 heteroatoms. The summed E-state index contributed by atoms with van der Waals surface area (Å²) in [6.07, 6.45) is 7.32. The third-order valence-corrected chi connectivity index (χ3v) is 4.40. The van der Waals surface area contributed by atoms with Crippen molar-refractivity contribution in [1.82, 2.24) is 0 Å². The summed E-state index contributed by atoms with van der Waals surface area (Å²) < 4.78 is 0. The molecule has 0 bridgehead atoms. The van der Waals surface area contributed by atoms with Crippen LogP contribution in [0.3, 0.4) is 0 Å². The van der Waals surface area contributed by atoms with Crippen molar-refractivity contribution in [2.45, 2.75) is 37.8 Å². The third kappa shape index (κ3) is 3.78. The van der Waals surface area contributed by atoms with E-state index in [9.17, 15) is 0 Å². The van der Waals surface area contributed by atoms with Gasteiger partial charge in [-0.2, -0.15) is 0 Å². The van der Waals surface area contributed by atoms with Crippen molar-refractivity contribution in [3.63, 3.8) is 0 Å². The molecule has 1 unspecified atom stereocenters. The van der Waals surface area contributed by atoms with E-state index in [-0.39, 0.29) is 18.9 Å². The zero-order valence-corrected chi connectivity index (χ0v) is 9.00. The van der Waals surface area contributed by atoms with Gasteiger partial charge in [0.05, 0.1) is 0 Å². The second kappa shape index (κ2) is 6.68. The van der Waals surface area contributed by atoms with E-state index in [1.54, 1.807) is 5.30 Å². The molecule has 1 aliphatic rings. The van der Waals surface area contributed by atoms with Gasteiger partial charge in [-0.3, -0.25) is 0 Å². The SMILES string of the molecule is [LiH].c1ccc(PC2CCCCC2)cc1. The van der Waals surface area contributed by atoms with Gasteiger partial charge < -0.3 is 0 Å². The molecular formula is C12H18LiP. The largest absolute Gasteiger partial charge is 0.0872 e. The Bertz CT molecular complexity index is 242. The Morgan fingerprint density at radius 1 is 0.929 bits per heavy atom. The predicted octanol–water partition coefficient (Wildman–Crippen LogP) is 2.67. The van der Waals surface area contributed by atoms with Crippen LogP contribution in [0, 0.1) is 0 Å². The Kier molecular flexibility index (Phi) is 5.88. The summed E-state index contributed by atoms with van der Waals surface area (Å²) in [7, 11) is 1.05. The fourth-order valence-electron chi connectivity index (χ4n) is 2.02. The third-order valence-electron chi connectivity index (χ3n) is 2.75. The van der Waals surface area contributed by atoms with Crippen molar-refractivity contribution in [3.05, 3.63) is 30.3 Å². The average molecular weight is 200 g/mol. The van der Waals surface area contributed by atoms with Crippen LogP contribution in [0.15, 0.2) is 30.3 Å². The average Bonchev–Trinajstić information content (AvgIpc) is 2.21. The van der Waals surface area contributed by atoms with Crippen LogP contribution in [-0.4, -0.2) is 24.5 Å². The van der Waals surface area contributed by atoms with E-state index in [4.69, 9.17) is 0 Å². The number of hydrogen-bond acceptors (Lipinski definition) is 0. The molecule has 0 aliphatic heterocycles. The van der Waals surface area contributed by atoms with E-state index in [0.29, 0.717) is 0 Å². The second-order valence-electron chi connectivity index (χ2n) is 3.85. The zero-order valence-electron chi connectivity index (χ0n) is 8.00. The first-order valence-corrected chi connectivity index (χ1v) is 6.34. The van der Waals surface area contributed by atoms with Crippen LogP contribution < -0.4 is 5.30 Å². The van der Waals surface area contributed by atoms with Crippen molar-refractivity contribution < 1.29 is 0 Å². The van der Waals surface area contributed by atoms with Crippen LogP contribution >= 0.6 is 8.58 Å². The number of rotatable bonds is 2. The predicted molar refractivity (Wildman–Crippen MR) is 68.4 cm³/mol. The van der Waals surface area contributed by atoms with Gasteiger partial charge in [0, 0.05) is 0 Å². The van der Waals surface area contributed by atoms with E-state index >= 15 is 0 Å². The van der Waals surface area contributed by atoms with Gasteiger partial charge in [0.25, 0.3) is 0 Å². The van der Waals surface area contributed by atoms with E-state index in [1.807, 2.05) is 0 Å². The minimum atomic E-state index is 0. The Balaban J connectivity index is 0.000000980. The molecule has 1 fully saturated rings. The fourth-order valence-corrected chi connectivity index (χ4v) is 3.57. The molecule has 0 N–H and O–H groups in total. The molecule has 0 heterocycles. The molecular weight excluding hydrogens is 182 g/mol. The van der Waals surface area contributed by atoms with Crippen LogP contribution in [0.1, 0.15) is 32.1 Å². The van der Waals surface area contributed by atoms with Gasteiger partial charge in [-0.15, -0.1) is 0 Å². The quantitative estimate of drug-likeness (QED) is 0.508. The Morgan fingerprint density at radius 2 is 1.57 bits per heavy atom. The Hall–Kier alpha value is 0.247. The molecule has 2 rings (SSSR count). The fraction of sp³-hybridized carbons (Fsp3) is 0.500. The minimum absolute atomic E-state index is 0. The van der Waals surface area contributed by atoms with E-state index in [0.717, 1.165) is 14.2 Å². The van der Waals surface area contributed by atoms with E-state index in [2.05, 4.69) is 30.3 Å². The van der Waals surface area contributed by atoms with Gasteiger partial charge in [-0.1, -0.05) is 58.2 Å². The van der Waals surface area contributed by atoms with Gasteiger partial charge in [0.2, 0.25) is 0 Å². The standard InChI is InChI=1S/C12H17P.Li.H/c1-3-7-11(8-4-1)13-12-9-5-2-6-10-12;;/h1,3-4,7-8,12-13H,2,5-6,9-10H2;;. The molecule has 14 heavy (non-hydrogen) atoms. The molecule has 1 atom stereocenters. The maximum atomic E-state index is 2.27. The summed E-state index contributed by atoms with van der Waals surface area (Å²) >= 11 is 0. The van der Waals surface area contributed by atoms with Crippen molar-refractivity contribution in [1.29, 1.82) is 0 Å². The molecule has 1 aliphatic carbocycles. The maximum absolute atomic E-state index is 2.27. The summed E-state index contributed by atoms with van der Waals surface area (Å²) in [5.41, 5.74) is 0.996. The molecule has 0 amide bonds. The summed E-state index contributed by atoms with van der Waals surface area (Å²) in [6, 6.07) is 11.0. The molecule has 0 radical (unpaired) electrons. The molecule has 1 aromatic carbocycles. The van der Waals surface area contributed by atoms with Crippen LogP contribution in [0.25, 0.3) is 0 Å². The Labute approximate surface area is 101 Å². The smallest absolute Gasteiger partial charge is 0.0196 e. The second-order valence-corrected chi connectivity index (χ2v) is 5.53. The van der Waals surface area contributed by atoms with Crippen LogP contribution in [0.2, 0.25) is 0 Å². The monoisotopic (exact) mass is 200 g/mol. The molecule has 0 aromatic heterocycles. The first-order valence-electron chi connectivity index (χ1n) is 5.27. The molecule has 0 spiro atoms. The van der Waals surface area contributed by atoms with Gasteiger partial charge >= 0.3 is 18.9 Å². The zero-order chi connectivity index (χ0) is 8.93.